The Balaban J connectivity index is 1.48. The molecular weight excluding hydrogens is 351 g/mol. The van der Waals surface area contributed by atoms with Gasteiger partial charge in [0.15, 0.2) is 11.5 Å². The van der Waals surface area contributed by atoms with Crippen LogP contribution in [0.25, 0.3) is 0 Å². The molecule has 6 nitrogen and oxygen atoms in total. The van der Waals surface area contributed by atoms with E-state index in [4.69, 9.17) is 9.47 Å². The van der Waals surface area contributed by atoms with E-state index in [1.165, 1.54) is 18.2 Å². The van der Waals surface area contributed by atoms with Crippen molar-refractivity contribution in [3.63, 3.8) is 0 Å². The van der Waals surface area contributed by atoms with Crippen LogP contribution in [0, 0.1) is 5.82 Å². The van der Waals surface area contributed by atoms with Gasteiger partial charge in [0.25, 0.3) is 0 Å². The van der Waals surface area contributed by atoms with E-state index < -0.39 is 11.7 Å². The lowest BCUT2D eigenvalue weighted by atomic mass is 9.89. The summed E-state index contributed by atoms with van der Waals surface area (Å²) >= 11 is 0. The van der Waals surface area contributed by atoms with Crippen molar-refractivity contribution in [1.82, 2.24) is 5.32 Å². The maximum atomic E-state index is 13.6. The van der Waals surface area contributed by atoms with E-state index >= 15 is 0 Å². The summed E-state index contributed by atoms with van der Waals surface area (Å²) in [5.74, 6) is -0.385. The van der Waals surface area contributed by atoms with E-state index in [2.05, 4.69) is 10.6 Å². The number of hydrogen-bond acceptors (Lipinski definition) is 4. The van der Waals surface area contributed by atoms with Crippen LogP contribution >= 0.6 is 0 Å². The number of ether oxygens (including phenoxy) is 2. The monoisotopic (exact) mass is 370 g/mol. The van der Waals surface area contributed by atoms with Gasteiger partial charge in [-0.3, -0.25) is 9.59 Å². The highest BCUT2D eigenvalue weighted by atomic mass is 19.1. The fraction of sp³-hybridized carbons (Fsp3) is 0.300. The number of rotatable bonds is 3. The highest BCUT2D eigenvalue weighted by Crippen LogP contribution is 2.33. The van der Waals surface area contributed by atoms with Crippen molar-refractivity contribution in [1.29, 1.82) is 0 Å². The predicted molar refractivity (Wildman–Crippen MR) is 96.3 cm³/mol. The molecule has 0 spiro atoms. The molecule has 2 aromatic carbocycles. The Morgan fingerprint density at radius 2 is 1.96 bits per heavy atom. The van der Waals surface area contributed by atoms with Crippen LogP contribution in [0.4, 0.5) is 10.1 Å². The smallest absolute Gasteiger partial charge is 0.228 e. The van der Waals surface area contributed by atoms with Crippen molar-refractivity contribution in [2.75, 3.05) is 18.5 Å². The molecule has 140 valence electrons. The minimum atomic E-state index is -0.718. The number of anilines is 1. The van der Waals surface area contributed by atoms with Crippen LogP contribution in [0.1, 0.15) is 29.9 Å². The Hall–Kier alpha value is -3.09. The Labute approximate surface area is 155 Å². The highest BCUT2D eigenvalue weighted by Gasteiger charge is 2.31. The molecular formula is C20H19FN2O4. The molecule has 4 rings (SSSR count). The molecule has 0 saturated heterocycles. The number of benzene rings is 2. The molecule has 2 N–H and O–H groups in total. The second-order valence-corrected chi connectivity index (χ2v) is 6.59. The van der Waals surface area contributed by atoms with Gasteiger partial charge in [-0.25, -0.2) is 4.39 Å². The van der Waals surface area contributed by atoms with Gasteiger partial charge in [-0.2, -0.15) is 0 Å². The van der Waals surface area contributed by atoms with E-state index in [1.807, 2.05) is 18.2 Å². The topological polar surface area (TPSA) is 76.7 Å². The van der Waals surface area contributed by atoms with Crippen LogP contribution in [0.15, 0.2) is 36.4 Å². The van der Waals surface area contributed by atoms with Gasteiger partial charge in [0.2, 0.25) is 11.8 Å². The van der Waals surface area contributed by atoms with E-state index in [-0.39, 0.29) is 24.8 Å². The van der Waals surface area contributed by atoms with E-state index in [0.29, 0.717) is 36.0 Å². The van der Waals surface area contributed by atoms with E-state index in [0.717, 1.165) is 12.0 Å². The highest BCUT2D eigenvalue weighted by molar-refractivity contribution is 6.01. The quantitative estimate of drug-likeness (QED) is 0.871. The first-order valence-electron chi connectivity index (χ1n) is 8.86. The molecule has 0 aromatic heterocycles. The molecule has 0 bridgehead atoms. The average molecular weight is 370 g/mol. The molecule has 0 saturated carbocycles. The number of nitrogens with one attached hydrogen (secondary N) is 2. The standard InChI is InChI=1S/C20H19FN2O4/c21-13-3-4-16-14(9-13)15(10-19(24)23-16)20(25)22-11-12-2-5-17-18(8-12)27-7-1-6-26-17/h2-5,8-9,15H,1,6-7,10-11H2,(H,22,25)(H,23,24). The molecule has 0 radical (unpaired) electrons. The molecule has 27 heavy (non-hydrogen) atoms. The molecule has 1 atom stereocenters. The van der Waals surface area contributed by atoms with Crippen LogP contribution in [-0.2, 0) is 16.1 Å². The number of carbonyl (C=O) groups excluding carboxylic acids is 2. The first-order chi connectivity index (χ1) is 13.1. The summed E-state index contributed by atoms with van der Waals surface area (Å²) in [5, 5.41) is 5.50. The predicted octanol–water partition coefficient (Wildman–Crippen LogP) is 2.73. The molecule has 7 heteroatoms. The molecule has 2 heterocycles. The lowest BCUT2D eigenvalue weighted by molar-refractivity contribution is -0.126. The van der Waals surface area contributed by atoms with E-state index in [9.17, 15) is 14.0 Å². The summed E-state index contributed by atoms with van der Waals surface area (Å²) in [7, 11) is 0. The SMILES string of the molecule is O=C1CC(C(=O)NCc2ccc3c(c2)OCCCO3)c2cc(F)ccc2N1. The minimum Gasteiger partial charge on any atom is -0.490 e. The van der Waals surface area contributed by atoms with Gasteiger partial charge in [0.05, 0.1) is 19.1 Å². The number of amides is 2. The van der Waals surface area contributed by atoms with Crippen molar-refractivity contribution >= 4 is 17.5 Å². The van der Waals surface area contributed by atoms with Crippen LogP contribution in [-0.4, -0.2) is 25.0 Å². The lowest BCUT2D eigenvalue weighted by Gasteiger charge is -2.25. The summed E-state index contributed by atoms with van der Waals surface area (Å²) in [5.41, 5.74) is 1.82. The first-order valence-corrected chi connectivity index (χ1v) is 8.86. The van der Waals surface area contributed by atoms with Crippen LogP contribution in [0.2, 0.25) is 0 Å². The first kappa shape index (κ1) is 17.3. The van der Waals surface area contributed by atoms with Crippen LogP contribution in [0.5, 0.6) is 11.5 Å². The molecule has 2 aromatic rings. The molecule has 0 aliphatic carbocycles. The third-order valence-electron chi connectivity index (χ3n) is 4.65. The minimum absolute atomic E-state index is 0.0105. The number of halogens is 1. The fourth-order valence-electron chi connectivity index (χ4n) is 3.30. The van der Waals surface area contributed by atoms with Gasteiger partial charge in [-0.1, -0.05) is 6.07 Å². The summed E-state index contributed by atoms with van der Waals surface area (Å²) in [6, 6.07) is 9.55. The Bertz CT molecular complexity index is 900. The second kappa shape index (κ2) is 7.26. The van der Waals surface area contributed by atoms with Crippen LogP contribution in [0.3, 0.4) is 0 Å². The largest absolute Gasteiger partial charge is 0.490 e. The van der Waals surface area contributed by atoms with Gasteiger partial charge in [-0.05, 0) is 41.5 Å². The molecule has 2 amide bonds. The summed E-state index contributed by atoms with van der Waals surface area (Å²) in [6.07, 6.45) is 0.809. The van der Waals surface area contributed by atoms with Gasteiger partial charge in [-0.15, -0.1) is 0 Å². The van der Waals surface area contributed by atoms with Crippen molar-refractivity contribution in [2.45, 2.75) is 25.3 Å². The zero-order valence-electron chi connectivity index (χ0n) is 14.6. The Morgan fingerprint density at radius 3 is 2.81 bits per heavy atom. The average Bonchev–Trinajstić information content (AvgIpc) is 2.90. The Morgan fingerprint density at radius 1 is 1.15 bits per heavy atom. The van der Waals surface area contributed by atoms with Crippen LogP contribution < -0.4 is 20.1 Å². The van der Waals surface area contributed by atoms with Crippen molar-refractivity contribution < 1.29 is 23.5 Å². The maximum Gasteiger partial charge on any atom is 0.228 e. The van der Waals surface area contributed by atoms with E-state index in [1.54, 1.807) is 0 Å². The number of fused-ring (bicyclic) bond motifs is 2. The van der Waals surface area contributed by atoms with Crippen molar-refractivity contribution in [3.05, 3.63) is 53.3 Å². The normalized spacial score (nSPS) is 18.1. The molecule has 2 aliphatic rings. The van der Waals surface area contributed by atoms with Crippen molar-refractivity contribution in [2.24, 2.45) is 0 Å². The van der Waals surface area contributed by atoms with Gasteiger partial charge < -0.3 is 20.1 Å². The zero-order valence-corrected chi connectivity index (χ0v) is 14.6. The third kappa shape index (κ3) is 3.72. The molecule has 2 aliphatic heterocycles. The Kier molecular flexibility index (Phi) is 4.66. The molecule has 1 unspecified atom stereocenters. The van der Waals surface area contributed by atoms with Gasteiger partial charge >= 0.3 is 0 Å². The zero-order chi connectivity index (χ0) is 18.8. The fourth-order valence-corrected chi connectivity index (χ4v) is 3.30. The maximum absolute atomic E-state index is 13.6. The van der Waals surface area contributed by atoms with Gasteiger partial charge in [0.1, 0.15) is 5.82 Å². The summed E-state index contributed by atoms with van der Waals surface area (Å²) < 4.78 is 24.9. The second-order valence-electron chi connectivity index (χ2n) is 6.59. The molecule has 0 fully saturated rings. The number of hydrogen-bond donors (Lipinski definition) is 2. The summed E-state index contributed by atoms with van der Waals surface area (Å²) in [6.45, 7) is 1.48. The van der Waals surface area contributed by atoms with Crippen molar-refractivity contribution in [3.8, 4) is 11.5 Å². The third-order valence-corrected chi connectivity index (χ3v) is 4.65. The number of carbonyl (C=O) groups is 2. The summed E-state index contributed by atoms with van der Waals surface area (Å²) in [4.78, 5) is 24.5. The lowest BCUT2D eigenvalue weighted by Crippen LogP contribution is -2.34. The van der Waals surface area contributed by atoms with Gasteiger partial charge in [0, 0.05) is 25.1 Å².